The number of esters is 1. The predicted octanol–water partition coefficient (Wildman–Crippen LogP) is 5.21. The molecule has 3 N–H and O–H groups in total. The second-order valence-corrected chi connectivity index (χ2v) is 15.9. The first-order valence-electron chi connectivity index (χ1n) is 17.5. The van der Waals surface area contributed by atoms with Crippen LogP contribution in [0.4, 0.5) is 0 Å². The lowest BCUT2D eigenvalue weighted by atomic mass is 9.40. The number of aliphatic hydroxyl groups excluding tert-OH is 1. The Balaban J connectivity index is 1.39. The lowest BCUT2D eigenvalue weighted by Gasteiger charge is -2.68. The molecule has 264 valence electrons. The lowest BCUT2D eigenvalue weighted by Crippen LogP contribution is -2.74. The van der Waals surface area contributed by atoms with Gasteiger partial charge >= 0.3 is 5.97 Å². The molecule has 1 saturated heterocycles. The van der Waals surface area contributed by atoms with Gasteiger partial charge in [0.25, 0.3) is 5.91 Å². The van der Waals surface area contributed by atoms with Gasteiger partial charge in [-0.2, -0.15) is 0 Å². The Kier molecular flexibility index (Phi) is 9.00. The zero-order valence-corrected chi connectivity index (χ0v) is 29.9. The van der Waals surface area contributed by atoms with Crippen LogP contribution in [-0.2, 0) is 23.8 Å². The van der Waals surface area contributed by atoms with Crippen molar-refractivity contribution < 1.29 is 38.8 Å². The monoisotopic (exact) mass is 673 g/mol. The van der Waals surface area contributed by atoms with Gasteiger partial charge in [-0.25, -0.2) is 4.79 Å². The quantitative estimate of drug-likeness (QED) is 0.270. The summed E-state index contributed by atoms with van der Waals surface area (Å²) < 4.78 is 18.0. The molecule has 49 heavy (non-hydrogen) atoms. The Morgan fingerprint density at radius 3 is 2.18 bits per heavy atom. The van der Waals surface area contributed by atoms with Crippen LogP contribution in [-0.4, -0.2) is 71.6 Å². The molecule has 1 amide bonds. The number of hydrogen-bond donors (Lipinski definition) is 3. The van der Waals surface area contributed by atoms with Crippen LogP contribution in [0.2, 0.25) is 0 Å². The molecule has 9 nitrogen and oxygen atoms in total. The van der Waals surface area contributed by atoms with E-state index in [1.165, 1.54) is 7.11 Å². The molecule has 1 unspecified atom stereocenters. The standard InChI is InChI=1S/C40H51NO8/c1-22-27(49-36(45)32(47-8)31(25-15-11-9-12-16-25)41-35(44)26-17-13-10-14-18-26)20-40(46)24(3)33-38(6)21-48-29(38)19-28(42)39(33,7)34(43)23(2)30(22)37(40,4)5/h9-18,23-24,27-29,31-33,42,46H,19-21H2,1-8H3,(H,41,44)/t23-,24+,27+,28+,29-,31+,32-,33?,38-,39-,40-/m1/s1. The Bertz CT molecular complexity index is 1640. The molecule has 9 heteroatoms. The van der Waals surface area contributed by atoms with Crippen LogP contribution >= 0.6 is 0 Å². The highest BCUT2D eigenvalue weighted by atomic mass is 16.6. The molecule has 2 aromatic rings. The Morgan fingerprint density at radius 1 is 1.00 bits per heavy atom. The lowest BCUT2D eigenvalue weighted by molar-refractivity contribution is -0.301. The highest BCUT2D eigenvalue weighted by Gasteiger charge is 2.72. The van der Waals surface area contributed by atoms with Gasteiger partial charge < -0.3 is 29.7 Å². The van der Waals surface area contributed by atoms with Crippen molar-refractivity contribution in [2.75, 3.05) is 13.7 Å². The summed E-state index contributed by atoms with van der Waals surface area (Å²) in [5.41, 5.74) is -1.27. The van der Waals surface area contributed by atoms with Gasteiger partial charge in [-0.15, -0.1) is 0 Å². The number of benzene rings is 2. The molecule has 2 saturated carbocycles. The second kappa shape index (κ2) is 12.4. The Hall–Kier alpha value is -3.37. The summed E-state index contributed by atoms with van der Waals surface area (Å²) in [6.07, 6.45) is -2.75. The Morgan fingerprint density at radius 2 is 1.61 bits per heavy atom. The number of methoxy groups -OCH3 is 1. The number of hydrogen-bond acceptors (Lipinski definition) is 8. The normalized spacial score (nSPS) is 37.7. The number of nitrogens with one attached hydrogen (secondary N) is 1. The summed E-state index contributed by atoms with van der Waals surface area (Å²) in [4.78, 5) is 42.3. The van der Waals surface area contributed by atoms with Crippen molar-refractivity contribution in [2.24, 2.45) is 34.0 Å². The summed E-state index contributed by atoms with van der Waals surface area (Å²) >= 11 is 0. The summed E-state index contributed by atoms with van der Waals surface area (Å²) in [7, 11) is 1.40. The van der Waals surface area contributed by atoms with Crippen molar-refractivity contribution in [2.45, 2.75) is 97.4 Å². The number of fused-ring (bicyclic) bond motifs is 5. The predicted molar refractivity (Wildman–Crippen MR) is 183 cm³/mol. The molecule has 0 aromatic heterocycles. The SMILES string of the molecule is CO[C@@H](C(=O)O[C@H]1C[C@@]2(O)[C@@H](C)C3[C@]4(C)CO[C@@H]4C[C@H](O)[C@@]3(C)C(=O)[C@H](C)C(=C1C)C2(C)C)[C@@H](NC(=O)c1ccccc1)c1ccccc1. The van der Waals surface area contributed by atoms with E-state index < -0.39 is 64.0 Å². The summed E-state index contributed by atoms with van der Waals surface area (Å²) in [5.74, 6) is -2.65. The fourth-order valence-electron chi connectivity index (χ4n) is 10.5. The van der Waals surface area contributed by atoms with Gasteiger partial charge in [-0.1, -0.05) is 83.1 Å². The highest BCUT2D eigenvalue weighted by molar-refractivity contribution is 5.95. The molecule has 0 spiro atoms. The van der Waals surface area contributed by atoms with Gasteiger partial charge in [0.1, 0.15) is 11.9 Å². The first-order valence-corrected chi connectivity index (χ1v) is 17.5. The van der Waals surface area contributed by atoms with E-state index in [1.807, 2.05) is 77.9 Å². The molecule has 11 atom stereocenters. The second-order valence-electron chi connectivity index (χ2n) is 15.9. The van der Waals surface area contributed by atoms with Crippen LogP contribution in [0.15, 0.2) is 71.8 Å². The molecular weight excluding hydrogens is 622 g/mol. The average molecular weight is 674 g/mol. The molecule has 2 aromatic carbocycles. The van der Waals surface area contributed by atoms with E-state index in [1.54, 1.807) is 24.3 Å². The summed E-state index contributed by atoms with van der Waals surface area (Å²) in [5, 5.41) is 27.6. The molecular formula is C40H51NO8. The molecule has 1 heterocycles. The summed E-state index contributed by atoms with van der Waals surface area (Å²) in [6, 6.07) is 17.0. The van der Waals surface area contributed by atoms with Crippen molar-refractivity contribution in [3.63, 3.8) is 0 Å². The highest BCUT2D eigenvalue weighted by Crippen LogP contribution is 2.67. The molecule has 1 aliphatic heterocycles. The maximum atomic E-state index is 14.7. The number of amides is 1. The van der Waals surface area contributed by atoms with E-state index in [2.05, 4.69) is 12.2 Å². The molecule has 2 bridgehead atoms. The third kappa shape index (κ3) is 5.22. The number of rotatable bonds is 7. The first-order chi connectivity index (χ1) is 23.0. The van der Waals surface area contributed by atoms with Gasteiger partial charge in [-0.05, 0) is 54.5 Å². The maximum Gasteiger partial charge on any atom is 0.338 e. The van der Waals surface area contributed by atoms with E-state index in [9.17, 15) is 24.6 Å². The van der Waals surface area contributed by atoms with Crippen molar-refractivity contribution in [1.82, 2.24) is 5.32 Å². The zero-order chi connectivity index (χ0) is 35.7. The minimum atomic E-state index is -1.42. The van der Waals surface area contributed by atoms with Gasteiger partial charge in [0.15, 0.2) is 6.10 Å². The van der Waals surface area contributed by atoms with Crippen LogP contribution in [0.25, 0.3) is 0 Å². The number of Topliss-reactive ketones (excluding diaryl/α,β-unsaturated/α-hetero) is 1. The first kappa shape index (κ1) is 35.5. The van der Waals surface area contributed by atoms with Crippen molar-refractivity contribution in [3.8, 4) is 0 Å². The van der Waals surface area contributed by atoms with Crippen LogP contribution in [0, 0.1) is 34.0 Å². The van der Waals surface area contributed by atoms with Crippen LogP contribution < -0.4 is 5.32 Å². The average Bonchev–Trinajstić information content (AvgIpc) is 3.08. The third-order valence-electron chi connectivity index (χ3n) is 13.1. The Labute approximate surface area is 289 Å². The van der Waals surface area contributed by atoms with Gasteiger partial charge in [0, 0.05) is 42.3 Å². The van der Waals surface area contributed by atoms with Crippen LogP contribution in [0.3, 0.4) is 0 Å². The largest absolute Gasteiger partial charge is 0.456 e. The molecule has 3 fully saturated rings. The topological polar surface area (TPSA) is 131 Å². The molecule has 0 radical (unpaired) electrons. The van der Waals surface area contributed by atoms with Crippen LogP contribution in [0.1, 0.15) is 83.3 Å². The summed E-state index contributed by atoms with van der Waals surface area (Å²) in [6.45, 7) is 14.1. The maximum absolute atomic E-state index is 14.7. The number of aliphatic hydroxyl groups is 2. The van der Waals surface area contributed by atoms with E-state index in [4.69, 9.17) is 14.2 Å². The minimum absolute atomic E-state index is 0.0672. The number of ether oxygens (including phenoxy) is 3. The number of carbonyl (C=O) groups excluding carboxylic acids is 3. The smallest absolute Gasteiger partial charge is 0.338 e. The minimum Gasteiger partial charge on any atom is -0.456 e. The van der Waals surface area contributed by atoms with Crippen molar-refractivity contribution in [1.29, 1.82) is 0 Å². The fraction of sp³-hybridized carbons (Fsp3) is 0.575. The molecule has 6 rings (SSSR count). The fourth-order valence-corrected chi connectivity index (χ4v) is 10.5. The van der Waals surface area contributed by atoms with Crippen LogP contribution in [0.5, 0.6) is 0 Å². The van der Waals surface area contributed by atoms with Gasteiger partial charge in [-0.3, -0.25) is 9.59 Å². The van der Waals surface area contributed by atoms with E-state index in [0.29, 0.717) is 29.7 Å². The van der Waals surface area contributed by atoms with Crippen molar-refractivity contribution in [3.05, 3.63) is 82.9 Å². The third-order valence-corrected chi connectivity index (χ3v) is 13.1. The molecule has 4 aliphatic rings. The number of ketones is 1. The van der Waals surface area contributed by atoms with E-state index in [0.717, 1.165) is 5.57 Å². The number of carbonyl (C=O) groups is 3. The molecule has 3 aliphatic carbocycles. The van der Waals surface area contributed by atoms with Gasteiger partial charge in [0.2, 0.25) is 0 Å². The van der Waals surface area contributed by atoms with Gasteiger partial charge in [0.05, 0.1) is 35.9 Å². The van der Waals surface area contributed by atoms with E-state index in [-0.39, 0.29) is 30.1 Å². The van der Waals surface area contributed by atoms with Crippen molar-refractivity contribution >= 4 is 17.7 Å². The van der Waals surface area contributed by atoms with E-state index >= 15 is 0 Å². The zero-order valence-electron chi connectivity index (χ0n) is 29.9.